The van der Waals surface area contributed by atoms with E-state index in [1.165, 1.54) is 36.6 Å². The molecule has 7 heteroatoms. The summed E-state index contributed by atoms with van der Waals surface area (Å²) in [7, 11) is 1.30. The van der Waals surface area contributed by atoms with E-state index in [0.29, 0.717) is 11.3 Å². The van der Waals surface area contributed by atoms with Crippen molar-refractivity contribution < 1.29 is 23.1 Å². The van der Waals surface area contributed by atoms with E-state index in [1.807, 2.05) is 17.5 Å². The molecule has 0 saturated heterocycles. The van der Waals surface area contributed by atoms with E-state index in [4.69, 9.17) is 9.15 Å². The molecule has 5 nitrogen and oxygen atoms in total. The molecular formula is C19H16FNO4S. The molecule has 26 heavy (non-hydrogen) atoms. The summed E-state index contributed by atoms with van der Waals surface area (Å²) in [5.74, 6) is -0.651. The maximum atomic E-state index is 13.0. The molecule has 0 saturated carbocycles. The van der Waals surface area contributed by atoms with Crippen LogP contribution in [0.1, 0.15) is 27.9 Å². The van der Waals surface area contributed by atoms with Crippen LogP contribution >= 0.6 is 11.3 Å². The van der Waals surface area contributed by atoms with Crippen LogP contribution < -0.4 is 5.32 Å². The van der Waals surface area contributed by atoms with E-state index >= 15 is 0 Å². The molecular weight excluding hydrogens is 357 g/mol. The molecule has 0 aliphatic heterocycles. The maximum Gasteiger partial charge on any atom is 0.307 e. The third-order valence-corrected chi connectivity index (χ3v) is 4.73. The van der Waals surface area contributed by atoms with Gasteiger partial charge in [-0.2, -0.15) is 0 Å². The number of methoxy groups -OCH3 is 1. The summed E-state index contributed by atoms with van der Waals surface area (Å²) in [5, 5.41) is 4.66. The van der Waals surface area contributed by atoms with Crippen molar-refractivity contribution in [1.82, 2.24) is 5.32 Å². The number of carbonyl (C=O) groups is 2. The molecule has 0 aliphatic carbocycles. The lowest BCUT2D eigenvalue weighted by Gasteiger charge is -2.15. The van der Waals surface area contributed by atoms with Crippen molar-refractivity contribution in [3.63, 3.8) is 0 Å². The maximum absolute atomic E-state index is 13.0. The molecule has 2 heterocycles. The fraction of sp³-hybridized carbons (Fsp3) is 0.158. The van der Waals surface area contributed by atoms with Gasteiger partial charge in [-0.3, -0.25) is 9.59 Å². The number of halogens is 1. The van der Waals surface area contributed by atoms with Gasteiger partial charge in [-0.25, -0.2) is 4.39 Å². The van der Waals surface area contributed by atoms with E-state index in [0.717, 1.165) is 4.88 Å². The Bertz CT molecular complexity index is 887. The molecule has 1 aromatic carbocycles. The Balaban J connectivity index is 1.75. The minimum atomic E-state index is -0.505. The number of esters is 1. The molecule has 0 bridgehead atoms. The van der Waals surface area contributed by atoms with Crippen LogP contribution in [0.4, 0.5) is 4.39 Å². The fourth-order valence-electron chi connectivity index (χ4n) is 2.42. The zero-order chi connectivity index (χ0) is 18.5. The minimum absolute atomic E-state index is 0.0221. The second kappa shape index (κ2) is 7.97. The van der Waals surface area contributed by atoms with Crippen molar-refractivity contribution in [3.8, 4) is 11.3 Å². The lowest BCUT2D eigenvalue weighted by molar-refractivity contribution is -0.141. The summed E-state index contributed by atoms with van der Waals surface area (Å²) in [6.07, 6.45) is 0.0221. The Kier molecular flexibility index (Phi) is 5.48. The van der Waals surface area contributed by atoms with Gasteiger partial charge < -0.3 is 14.5 Å². The number of benzene rings is 1. The van der Waals surface area contributed by atoms with Gasteiger partial charge in [-0.05, 0) is 47.8 Å². The second-order valence-corrected chi connectivity index (χ2v) is 6.47. The summed E-state index contributed by atoms with van der Waals surface area (Å²) in [4.78, 5) is 25.0. The highest BCUT2D eigenvalue weighted by Crippen LogP contribution is 2.25. The van der Waals surface area contributed by atoms with Crippen LogP contribution in [0.5, 0.6) is 0 Å². The molecule has 1 amide bonds. The summed E-state index contributed by atoms with van der Waals surface area (Å²) in [6, 6.07) is 12.1. The number of nitrogens with one attached hydrogen (secondary N) is 1. The van der Waals surface area contributed by atoms with Crippen LogP contribution in [0.2, 0.25) is 0 Å². The van der Waals surface area contributed by atoms with E-state index < -0.39 is 17.9 Å². The molecule has 3 aromatic rings. The third kappa shape index (κ3) is 4.18. The van der Waals surface area contributed by atoms with Gasteiger partial charge in [0.2, 0.25) is 0 Å². The van der Waals surface area contributed by atoms with Crippen LogP contribution in [-0.2, 0) is 9.53 Å². The Morgan fingerprint density at radius 3 is 2.62 bits per heavy atom. The highest BCUT2D eigenvalue weighted by molar-refractivity contribution is 7.10. The summed E-state index contributed by atoms with van der Waals surface area (Å²) in [5.41, 5.74) is 0.662. The van der Waals surface area contributed by atoms with Gasteiger partial charge >= 0.3 is 5.97 Å². The van der Waals surface area contributed by atoms with Crippen LogP contribution in [-0.4, -0.2) is 19.0 Å². The average molecular weight is 373 g/mol. The number of carbonyl (C=O) groups excluding carboxylic acids is 2. The lowest BCUT2D eigenvalue weighted by atomic mass is 10.1. The molecule has 134 valence electrons. The quantitative estimate of drug-likeness (QED) is 0.658. The van der Waals surface area contributed by atoms with Crippen molar-refractivity contribution in [1.29, 1.82) is 0 Å². The number of hydrogen-bond donors (Lipinski definition) is 1. The van der Waals surface area contributed by atoms with Crippen LogP contribution in [0.3, 0.4) is 0 Å². The SMILES string of the molecule is COC(=O)CC(NC(=O)c1ccc(-c2ccc(F)cc2)o1)c1cccs1. The zero-order valence-electron chi connectivity index (χ0n) is 13.9. The van der Waals surface area contributed by atoms with Gasteiger partial charge in [0.1, 0.15) is 11.6 Å². The highest BCUT2D eigenvalue weighted by Gasteiger charge is 2.22. The summed E-state index contributed by atoms with van der Waals surface area (Å²) >= 11 is 1.44. The zero-order valence-corrected chi connectivity index (χ0v) is 14.7. The van der Waals surface area contributed by atoms with Gasteiger partial charge in [0, 0.05) is 10.4 Å². The fourth-order valence-corrected chi connectivity index (χ4v) is 3.20. The number of rotatable bonds is 6. The van der Waals surface area contributed by atoms with Gasteiger partial charge in [0.05, 0.1) is 19.6 Å². The Morgan fingerprint density at radius 1 is 1.19 bits per heavy atom. The van der Waals surface area contributed by atoms with Gasteiger partial charge in [-0.15, -0.1) is 11.3 Å². The van der Waals surface area contributed by atoms with Gasteiger partial charge in [0.25, 0.3) is 5.91 Å². The molecule has 1 atom stereocenters. The monoisotopic (exact) mass is 373 g/mol. The van der Waals surface area contributed by atoms with Crippen molar-refractivity contribution in [2.75, 3.05) is 7.11 Å². The second-order valence-electron chi connectivity index (χ2n) is 5.49. The number of amides is 1. The van der Waals surface area contributed by atoms with Crippen LogP contribution in [0.25, 0.3) is 11.3 Å². The van der Waals surface area contributed by atoms with Gasteiger partial charge in [0.15, 0.2) is 5.76 Å². The van der Waals surface area contributed by atoms with E-state index in [2.05, 4.69) is 5.32 Å². The lowest BCUT2D eigenvalue weighted by Crippen LogP contribution is -2.29. The van der Waals surface area contributed by atoms with Crippen molar-refractivity contribution in [2.24, 2.45) is 0 Å². The molecule has 0 spiro atoms. The predicted octanol–water partition coefficient (Wildman–Crippen LogP) is 4.18. The predicted molar refractivity (Wildman–Crippen MR) is 95.3 cm³/mol. The van der Waals surface area contributed by atoms with Crippen molar-refractivity contribution >= 4 is 23.2 Å². The smallest absolute Gasteiger partial charge is 0.307 e. The molecule has 0 radical (unpaired) electrons. The molecule has 0 aliphatic rings. The molecule has 1 N–H and O–H groups in total. The number of furan rings is 1. The van der Waals surface area contributed by atoms with Crippen LogP contribution in [0, 0.1) is 5.82 Å². The first-order valence-electron chi connectivity index (χ1n) is 7.83. The largest absolute Gasteiger partial charge is 0.469 e. The minimum Gasteiger partial charge on any atom is -0.469 e. The molecule has 1 unspecified atom stereocenters. The van der Waals surface area contributed by atoms with Crippen LogP contribution in [0.15, 0.2) is 58.3 Å². The molecule has 3 rings (SSSR count). The van der Waals surface area contributed by atoms with E-state index in [9.17, 15) is 14.0 Å². The first kappa shape index (κ1) is 17.9. The number of thiophene rings is 1. The molecule has 0 fully saturated rings. The standard InChI is InChI=1S/C19H16FNO4S/c1-24-18(22)11-14(17-3-2-10-26-17)21-19(23)16-9-8-15(25-16)12-4-6-13(20)7-5-12/h2-10,14H,11H2,1H3,(H,21,23). The third-order valence-electron chi connectivity index (χ3n) is 3.75. The Morgan fingerprint density at radius 2 is 1.96 bits per heavy atom. The van der Waals surface area contributed by atoms with Crippen molar-refractivity contribution in [3.05, 3.63) is 70.4 Å². The first-order chi connectivity index (χ1) is 12.6. The number of hydrogen-bond acceptors (Lipinski definition) is 5. The topological polar surface area (TPSA) is 68.5 Å². The Labute approximate surface area is 153 Å². The van der Waals surface area contributed by atoms with E-state index in [1.54, 1.807) is 18.2 Å². The summed E-state index contributed by atoms with van der Waals surface area (Å²) in [6.45, 7) is 0. The average Bonchev–Trinajstić information content (AvgIpc) is 3.33. The van der Waals surface area contributed by atoms with E-state index in [-0.39, 0.29) is 18.0 Å². The van der Waals surface area contributed by atoms with Crippen molar-refractivity contribution in [2.45, 2.75) is 12.5 Å². The number of ether oxygens (including phenoxy) is 1. The first-order valence-corrected chi connectivity index (χ1v) is 8.71. The Hall–Kier alpha value is -2.93. The molecule has 2 aromatic heterocycles. The summed E-state index contributed by atoms with van der Waals surface area (Å²) < 4.78 is 23.3. The van der Waals surface area contributed by atoms with Gasteiger partial charge in [-0.1, -0.05) is 6.07 Å². The normalized spacial score (nSPS) is 11.8. The highest BCUT2D eigenvalue weighted by atomic mass is 32.1.